The van der Waals surface area contributed by atoms with Crippen molar-refractivity contribution in [2.45, 2.75) is 31.7 Å². The molecule has 1 heterocycles. The lowest BCUT2D eigenvalue weighted by atomic mass is 10.0. The summed E-state index contributed by atoms with van der Waals surface area (Å²) < 4.78 is 26.1. The highest BCUT2D eigenvalue weighted by molar-refractivity contribution is 7.89. The first-order chi connectivity index (χ1) is 10.4. The maximum Gasteiger partial charge on any atom is 0.320 e. The molecule has 22 heavy (non-hydrogen) atoms. The number of sulfonamides is 1. The molecule has 122 valence electrons. The van der Waals surface area contributed by atoms with Gasteiger partial charge in [0.25, 0.3) is 0 Å². The van der Waals surface area contributed by atoms with Gasteiger partial charge in [-0.05, 0) is 50.6 Å². The van der Waals surface area contributed by atoms with Gasteiger partial charge in [0.2, 0.25) is 10.0 Å². The molecule has 7 heteroatoms. The van der Waals surface area contributed by atoms with E-state index in [1.807, 2.05) is 19.9 Å². The molecule has 0 fully saturated rings. The van der Waals surface area contributed by atoms with E-state index in [1.165, 1.54) is 7.05 Å². The average Bonchev–Trinajstić information content (AvgIpc) is 2.54. The summed E-state index contributed by atoms with van der Waals surface area (Å²) in [5.41, 5.74) is 2.02. The average molecular weight is 325 g/mol. The predicted octanol–water partition coefficient (Wildman–Crippen LogP) is 1.41. The minimum atomic E-state index is -3.46. The summed E-state index contributed by atoms with van der Waals surface area (Å²) in [4.78, 5) is 16.2. The number of carbonyl (C=O) groups is 1. The van der Waals surface area contributed by atoms with Crippen molar-refractivity contribution >= 4 is 16.1 Å². The van der Waals surface area contributed by atoms with E-state index in [9.17, 15) is 13.2 Å². The van der Waals surface area contributed by atoms with Crippen molar-refractivity contribution in [1.29, 1.82) is 0 Å². The zero-order valence-electron chi connectivity index (χ0n) is 13.3. The fourth-order valence-corrected chi connectivity index (χ4v) is 3.46. The van der Waals surface area contributed by atoms with E-state index in [4.69, 9.17) is 0 Å². The van der Waals surface area contributed by atoms with Crippen LogP contribution in [-0.2, 0) is 23.0 Å². The molecule has 0 atom stereocenters. The summed E-state index contributed by atoms with van der Waals surface area (Å²) in [6, 6.07) is 5.14. The van der Waals surface area contributed by atoms with Gasteiger partial charge in [0.15, 0.2) is 0 Å². The van der Waals surface area contributed by atoms with Crippen molar-refractivity contribution in [2.24, 2.45) is 0 Å². The second kappa shape index (κ2) is 6.66. The molecule has 2 rings (SSSR count). The second-order valence-electron chi connectivity index (χ2n) is 5.26. The first kappa shape index (κ1) is 16.8. The van der Waals surface area contributed by atoms with Crippen LogP contribution in [0.2, 0.25) is 0 Å². The number of carbonyl (C=O) groups excluding carboxylic acids is 1. The van der Waals surface area contributed by atoms with Gasteiger partial charge in [-0.15, -0.1) is 0 Å². The minimum absolute atomic E-state index is 0.0116. The fourth-order valence-electron chi connectivity index (χ4n) is 2.68. The summed E-state index contributed by atoms with van der Waals surface area (Å²) in [6.07, 6.45) is 0.752. The Morgan fingerprint density at radius 3 is 2.55 bits per heavy atom. The number of hydrogen-bond donors (Lipinski definition) is 1. The van der Waals surface area contributed by atoms with Crippen LogP contribution in [0, 0.1) is 0 Å². The molecule has 0 saturated heterocycles. The van der Waals surface area contributed by atoms with Gasteiger partial charge in [-0.3, -0.25) is 0 Å². The molecule has 0 radical (unpaired) electrons. The Labute approximate surface area is 132 Å². The molecule has 0 spiro atoms. The minimum Gasteiger partial charge on any atom is -0.325 e. The van der Waals surface area contributed by atoms with Crippen LogP contribution in [0.25, 0.3) is 0 Å². The van der Waals surface area contributed by atoms with Gasteiger partial charge < -0.3 is 9.80 Å². The summed E-state index contributed by atoms with van der Waals surface area (Å²) in [5, 5.41) is 0. The van der Waals surface area contributed by atoms with Crippen LogP contribution < -0.4 is 4.72 Å². The number of hydrogen-bond acceptors (Lipinski definition) is 3. The van der Waals surface area contributed by atoms with Gasteiger partial charge in [0, 0.05) is 26.2 Å². The van der Waals surface area contributed by atoms with Crippen molar-refractivity contribution in [1.82, 2.24) is 14.5 Å². The van der Waals surface area contributed by atoms with E-state index < -0.39 is 10.0 Å². The first-order valence-corrected chi connectivity index (χ1v) is 9.00. The van der Waals surface area contributed by atoms with E-state index in [0.29, 0.717) is 26.2 Å². The number of fused-ring (bicyclic) bond motifs is 1. The van der Waals surface area contributed by atoms with Gasteiger partial charge in [-0.25, -0.2) is 17.9 Å². The largest absolute Gasteiger partial charge is 0.325 e. The van der Waals surface area contributed by atoms with Crippen LogP contribution in [-0.4, -0.2) is 50.9 Å². The quantitative estimate of drug-likeness (QED) is 0.910. The number of amides is 2. The molecule has 6 nitrogen and oxygen atoms in total. The SMILES string of the molecule is CCN(CC)C(=O)N1CCc2ccc(S(=O)(=O)NC)cc2C1. The molecular weight excluding hydrogens is 302 g/mol. The lowest BCUT2D eigenvalue weighted by Gasteiger charge is -2.33. The third-order valence-electron chi connectivity index (χ3n) is 4.07. The van der Waals surface area contributed by atoms with E-state index in [1.54, 1.807) is 21.9 Å². The highest BCUT2D eigenvalue weighted by Gasteiger charge is 2.25. The lowest BCUT2D eigenvalue weighted by molar-refractivity contribution is 0.152. The monoisotopic (exact) mass is 325 g/mol. The molecule has 1 aromatic rings. The summed E-state index contributed by atoms with van der Waals surface area (Å²) in [5.74, 6) is 0. The first-order valence-electron chi connectivity index (χ1n) is 7.52. The maximum absolute atomic E-state index is 12.4. The lowest BCUT2D eigenvalue weighted by Crippen LogP contribution is -2.45. The Hall–Kier alpha value is -1.60. The number of urea groups is 1. The van der Waals surface area contributed by atoms with Crippen molar-refractivity contribution in [3.05, 3.63) is 29.3 Å². The molecule has 1 aromatic carbocycles. The molecule has 0 aromatic heterocycles. The van der Waals surface area contributed by atoms with E-state index in [2.05, 4.69) is 4.72 Å². The van der Waals surface area contributed by atoms with Crippen LogP contribution in [0.15, 0.2) is 23.1 Å². The summed E-state index contributed by atoms with van der Waals surface area (Å²) in [6.45, 7) is 6.38. The Morgan fingerprint density at radius 2 is 1.95 bits per heavy atom. The molecule has 2 amide bonds. The normalized spacial score (nSPS) is 14.6. The second-order valence-corrected chi connectivity index (χ2v) is 7.15. The van der Waals surface area contributed by atoms with E-state index >= 15 is 0 Å². The van der Waals surface area contributed by atoms with E-state index in [0.717, 1.165) is 17.5 Å². The molecule has 1 N–H and O–H groups in total. The fraction of sp³-hybridized carbons (Fsp3) is 0.533. The van der Waals surface area contributed by atoms with Gasteiger partial charge >= 0.3 is 6.03 Å². The third kappa shape index (κ3) is 3.25. The molecule has 0 bridgehead atoms. The Balaban J connectivity index is 2.26. The summed E-state index contributed by atoms with van der Waals surface area (Å²) >= 11 is 0. The third-order valence-corrected chi connectivity index (χ3v) is 5.49. The number of nitrogens with one attached hydrogen (secondary N) is 1. The number of nitrogens with zero attached hydrogens (tertiary/aromatic N) is 2. The molecular formula is C15H23N3O3S. The van der Waals surface area contributed by atoms with Crippen LogP contribution >= 0.6 is 0 Å². The van der Waals surface area contributed by atoms with Crippen molar-refractivity contribution in [3.8, 4) is 0 Å². The predicted molar refractivity (Wildman–Crippen MR) is 85.1 cm³/mol. The van der Waals surface area contributed by atoms with Crippen molar-refractivity contribution in [3.63, 3.8) is 0 Å². The van der Waals surface area contributed by atoms with E-state index in [-0.39, 0.29) is 10.9 Å². The highest BCUT2D eigenvalue weighted by Crippen LogP contribution is 2.23. The van der Waals surface area contributed by atoms with Gasteiger partial charge in [-0.1, -0.05) is 6.07 Å². The zero-order chi connectivity index (χ0) is 16.3. The molecule has 0 saturated carbocycles. The topological polar surface area (TPSA) is 69.7 Å². The van der Waals surface area contributed by atoms with Crippen molar-refractivity contribution < 1.29 is 13.2 Å². The van der Waals surface area contributed by atoms with Gasteiger partial charge in [0.1, 0.15) is 0 Å². The highest BCUT2D eigenvalue weighted by atomic mass is 32.2. The molecule has 1 aliphatic rings. The maximum atomic E-state index is 12.4. The van der Waals surface area contributed by atoms with Gasteiger partial charge in [0.05, 0.1) is 4.90 Å². The van der Waals surface area contributed by atoms with Crippen LogP contribution in [0.1, 0.15) is 25.0 Å². The Kier molecular flexibility index (Phi) is 5.08. The molecule has 1 aliphatic heterocycles. The standard InChI is InChI=1S/C15H23N3O3S/c1-4-17(5-2)15(19)18-9-8-12-6-7-14(10-13(12)11-18)22(20,21)16-3/h6-7,10,16H,4-5,8-9,11H2,1-3H3. The van der Waals surface area contributed by atoms with Crippen LogP contribution in [0.5, 0.6) is 0 Å². The van der Waals surface area contributed by atoms with Crippen molar-refractivity contribution in [2.75, 3.05) is 26.7 Å². The Morgan fingerprint density at radius 1 is 1.27 bits per heavy atom. The van der Waals surface area contributed by atoms with Crippen LogP contribution in [0.3, 0.4) is 0 Å². The van der Waals surface area contributed by atoms with Gasteiger partial charge in [-0.2, -0.15) is 0 Å². The zero-order valence-corrected chi connectivity index (χ0v) is 14.1. The summed E-state index contributed by atoms with van der Waals surface area (Å²) in [7, 11) is -2.07. The number of rotatable bonds is 4. The Bertz CT molecular complexity index is 654. The number of benzene rings is 1. The van der Waals surface area contributed by atoms with Crippen LogP contribution in [0.4, 0.5) is 4.79 Å². The molecule has 0 unspecified atom stereocenters. The smallest absolute Gasteiger partial charge is 0.320 e. The molecule has 0 aliphatic carbocycles.